The number of ketones is 1. The van der Waals surface area contributed by atoms with Gasteiger partial charge in [-0.25, -0.2) is 0 Å². The van der Waals surface area contributed by atoms with Crippen LogP contribution in [0.25, 0.3) is 0 Å². The van der Waals surface area contributed by atoms with Crippen molar-refractivity contribution in [1.82, 2.24) is 37.2 Å². The topological polar surface area (TPSA) is 554 Å². The minimum atomic E-state index is -1.62. The van der Waals surface area contributed by atoms with Crippen molar-refractivity contribution in [1.29, 1.82) is 0 Å². The van der Waals surface area contributed by atoms with E-state index in [0.29, 0.717) is 11.3 Å². The van der Waals surface area contributed by atoms with Crippen LogP contribution in [0.4, 0.5) is 5.69 Å². The molecular formula is C70H116N8O32S. The number of carbonyl (C=O) groups excluding carboxylic acids is 8. The quantitative estimate of drug-likeness (QED) is 0.0164. The van der Waals surface area contributed by atoms with Crippen LogP contribution in [0.3, 0.4) is 0 Å². The molecule has 3 fully saturated rings. The van der Waals surface area contributed by atoms with Crippen LogP contribution < -0.4 is 37.2 Å². The zero-order valence-electron chi connectivity index (χ0n) is 63.8. The van der Waals surface area contributed by atoms with Crippen LogP contribution in [-0.4, -0.2) is 372 Å². The number of aliphatic imine (C=N–C) groups is 1. The Morgan fingerprint density at radius 2 is 0.730 bits per heavy atom. The lowest BCUT2D eigenvalue weighted by Crippen LogP contribution is -2.70. The number of nitrogens with zero attached hydrogens (tertiary/aromatic N) is 1. The molecule has 0 bridgehead atoms. The second-order valence-electron chi connectivity index (χ2n) is 26.6. The molecule has 6 unspecified atom stereocenters. The molecule has 16 N–H and O–H groups in total. The maximum absolute atomic E-state index is 13.9. The van der Waals surface area contributed by atoms with E-state index in [1.54, 1.807) is 24.3 Å². The molecule has 3 aliphatic rings. The maximum Gasteiger partial charge on any atom is 0.222 e. The predicted octanol–water partition coefficient (Wildman–Crippen LogP) is -6.11. The summed E-state index contributed by atoms with van der Waals surface area (Å²) in [5, 5.41) is 113. The van der Waals surface area contributed by atoms with Gasteiger partial charge >= 0.3 is 0 Å². The second kappa shape index (κ2) is 52.5. The van der Waals surface area contributed by atoms with E-state index in [4.69, 9.17) is 71.1 Å². The van der Waals surface area contributed by atoms with Crippen LogP contribution in [0.15, 0.2) is 29.3 Å². The molecule has 1 aromatic carbocycles. The Kier molecular flexibility index (Phi) is 46.1. The Morgan fingerprint density at radius 3 is 1.03 bits per heavy atom. The van der Waals surface area contributed by atoms with Crippen LogP contribution in [0.5, 0.6) is 0 Å². The first kappa shape index (κ1) is 97.4. The van der Waals surface area contributed by atoms with Gasteiger partial charge in [0.05, 0.1) is 169 Å². The molecule has 0 aliphatic carbocycles. The van der Waals surface area contributed by atoms with E-state index >= 15 is 0 Å². The third-order valence-corrected chi connectivity index (χ3v) is 17.5. The Bertz CT molecular complexity index is 2760. The number of amides is 7. The van der Waals surface area contributed by atoms with E-state index in [1.165, 1.54) is 41.5 Å². The zero-order valence-corrected chi connectivity index (χ0v) is 64.7. The third-order valence-electron chi connectivity index (χ3n) is 17.5. The standard InChI is InChI=1S/C70H116N8O32S/c1-45(82)75-64-61(93)58(90)51(38-79)108-67(64,4)105-34-31-99-28-25-96-22-16-71-54(86)13-19-102-41-70(78-57(89)12-11-50(85)37-48-7-9-49(10-8-48)74-44-111,42-103-20-14-55(87)72-17-23-97-26-29-100-32-35-106-68(5)65(76-46(2)83)62(94)59(91)52(39-80)109-68)43-104-21-15-56(88)73-18-24-98-27-30-101-33-36-107-69(6)66(77-47(3)84)63(95)60(92)53(40-81)110-69/h7-10,51-53,58-66,79-81,90-95H,11-43H2,1-6H3,(H,71,86)(H,72,87)(H,73,88)(H,75,82)(H,76,83)(H,77,84)(H,78,89)/t51?,52?,53?,58-,59-,60-,61-,62-,63-,64?,65?,66?,67-,68-,69-,70?/m0/s1. The number of ether oxygens (including phenoxy) is 15. The first-order valence-electron chi connectivity index (χ1n) is 36.7. The van der Waals surface area contributed by atoms with E-state index in [1.807, 2.05) is 0 Å². The number of nitrogens with one attached hydrogen (secondary N) is 7. The van der Waals surface area contributed by atoms with Crippen molar-refractivity contribution in [2.45, 2.75) is 176 Å². The molecule has 111 heavy (non-hydrogen) atoms. The van der Waals surface area contributed by atoms with Crippen LogP contribution in [0.1, 0.15) is 79.2 Å². The maximum atomic E-state index is 13.9. The van der Waals surface area contributed by atoms with Gasteiger partial charge in [-0.3, -0.25) is 38.4 Å². The summed E-state index contributed by atoms with van der Waals surface area (Å²) in [6.45, 7) is 5.84. The minimum Gasteiger partial charge on any atom is -0.394 e. The molecule has 7 amide bonds. The normalized spacial score (nSPS) is 26.3. The molecular weight excluding hydrogens is 1500 g/mol. The number of thiocarbonyl (C=S) groups is 1. The molecule has 0 saturated carbocycles. The van der Waals surface area contributed by atoms with Gasteiger partial charge in [0.1, 0.15) is 84.4 Å². The van der Waals surface area contributed by atoms with Gasteiger partial charge in [-0.05, 0) is 50.7 Å². The lowest BCUT2D eigenvalue weighted by molar-refractivity contribution is -0.329. The summed E-state index contributed by atoms with van der Waals surface area (Å²) in [6.07, 6.45) is -13.4. The molecule has 3 saturated heterocycles. The molecule has 40 nitrogen and oxygen atoms in total. The number of hydrogen-bond acceptors (Lipinski definition) is 34. The summed E-state index contributed by atoms with van der Waals surface area (Å²) >= 11 is 4.68. The largest absolute Gasteiger partial charge is 0.394 e. The van der Waals surface area contributed by atoms with Crippen molar-refractivity contribution in [2.24, 2.45) is 4.99 Å². The van der Waals surface area contributed by atoms with Crippen molar-refractivity contribution in [2.75, 3.05) is 178 Å². The highest BCUT2D eigenvalue weighted by Gasteiger charge is 2.55. The van der Waals surface area contributed by atoms with Crippen LogP contribution >= 0.6 is 12.2 Å². The summed E-state index contributed by atoms with van der Waals surface area (Å²) in [6, 6.07) is 3.24. The number of Topliss-reactive ketones (excluding diaryl/α,β-unsaturated/α-hetero) is 1. The molecule has 3 heterocycles. The molecule has 15 atom stereocenters. The molecule has 3 aliphatic heterocycles. The van der Waals surface area contributed by atoms with Crippen molar-refractivity contribution < 1.29 is 155 Å². The van der Waals surface area contributed by atoms with Gasteiger partial charge in [-0.15, -0.1) is 0 Å². The van der Waals surface area contributed by atoms with Gasteiger partial charge in [-0.1, -0.05) is 12.1 Å². The predicted molar refractivity (Wildman–Crippen MR) is 388 cm³/mol. The lowest BCUT2D eigenvalue weighted by atomic mass is 9.91. The van der Waals surface area contributed by atoms with E-state index in [9.17, 15) is 84.3 Å². The van der Waals surface area contributed by atoms with Gasteiger partial charge in [0.25, 0.3) is 0 Å². The Morgan fingerprint density at radius 1 is 0.423 bits per heavy atom. The fourth-order valence-electron chi connectivity index (χ4n) is 11.8. The highest BCUT2D eigenvalue weighted by molar-refractivity contribution is 7.78. The molecule has 1 aromatic rings. The summed E-state index contributed by atoms with van der Waals surface area (Å²) in [7, 11) is 0. The first-order valence-corrected chi connectivity index (χ1v) is 37.1. The Labute approximate surface area is 649 Å². The van der Waals surface area contributed by atoms with Crippen molar-refractivity contribution >= 4 is 70.2 Å². The number of aliphatic hydroxyl groups is 9. The highest BCUT2D eigenvalue weighted by Crippen LogP contribution is 2.34. The fraction of sp³-hybridized carbons (Fsp3) is 0.786. The van der Waals surface area contributed by atoms with E-state index in [-0.39, 0.29) is 203 Å². The number of aliphatic hydroxyl groups excluding tert-OH is 9. The van der Waals surface area contributed by atoms with Gasteiger partial charge < -0.3 is 154 Å². The number of isothiocyanates is 1. The zero-order chi connectivity index (χ0) is 81.8. The van der Waals surface area contributed by atoms with Crippen molar-refractivity contribution in [3.05, 3.63) is 29.8 Å². The van der Waals surface area contributed by atoms with Crippen molar-refractivity contribution in [3.63, 3.8) is 0 Å². The summed E-state index contributed by atoms with van der Waals surface area (Å²) in [5.41, 5.74) is -0.334. The lowest BCUT2D eigenvalue weighted by Gasteiger charge is -2.48. The average molecular weight is 1610 g/mol. The third kappa shape index (κ3) is 35.8. The van der Waals surface area contributed by atoms with Gasteiger partial charge in [-0.2, -0.15) is 4.99 Å². The average Bonchev–Trinajstić information content (AvgIpc) is 0.786. The summed E-state index contributed by atoms with van der Waals surface area (Å²) < 4.78 is 86.2. The van der Waals surface area contributed by atoms with Crippen LogP contribution in [0.2, 0.25) is 0 Å². The summed E-state index contributed by atoms with van der Waals surface area (Å²) in [5.74, 6) is -8.52. The number of carbonyl (C=O) groups is 8. The number of rotatable bonds is 58. The second-order valence-corrected chi connectivity index (χ2v) is 26.8. The van der Waals surface area contributed by atoms with Gasteiger partial charge in [0, 0.05) is 78.9 Å². The van der Waals surface area contributed by atoms with E-state index in [0.717, 1.165) is 0 Å². The summed E-state index contributed by atoms with van der Waals surface area (Å²) in [4.78, 5) is 106. The molecule has 634 valence electrons. The Balaban J connectivity index is 1.30. The molecule has 4 rings (SSSR count). The SMILES string of the molecule is CC(=O)NC1[C@@H](O)[C@@H](O)C(CO)O[C@]1(C)OCCOCCOCCNC(=O)CCOCC(COCCC(=O)NCCOCCOCCO[C@@]1(C)OC(CO)[C@H](O)[C@H](O)C1NC(C)=O)(COCCC(=O)NCCOCCOCCO[C@@]1(C)OC(CO)[C@H](O)[C@H](O)C1NC(C)=O)NC(=O)CCC(=O)Cc1ccc(N=C=S)cc1. The Hall–Kier alpha value is -5.98. The molecule has 0 radical (unpaired) electrons. The van der Waals surface area contributed by atoms with Crippen LogP contribution in [-0.2, 0) is 116 Å². The molecule has 41 heteroatoms. The monoisotopic (exact) mass is 1610 g/mol. The minimum absolute atomic E-state index is 0.00621. The fourth-order valence-corrected chi connectivity index (χ4v) is 11.9. The van der Waals surface area contributed by atoms with Gasteiger partial charge in [0.2, 0.25) is 41.4 Å². The van der Waals surface area contributed by atoms with E-state index < -0.39 is 157 Å². The molecule has 0 aromatic heterocycles. The highest BCUT2D eigenvalue weighted by atomic mass is 32.1. The number of benzene rings is 1. The van der Waals surface area contributed by atoms with Crippen LogP contribution in [0, 0.1) is 0 Å². The van der Waals surface area contributed by atoms with E-state index in [2.05, 4.69) is 59.6 Å². The molecule has 0 spiro atoms. The number of hydrogen-bond donors (Lipinski definition) is 16. The van der Waals surface area contributed by atoms with Crippen molar-refractivity contribution in [3.8, 4) is 0 Å². The first-order chi connectivity index (χ1) is 53.0. The van der Waals surface area contributed by atoms with Gasteiger partial charge in [0.15, 0.2) is 17.4 Å². The smallest absolute Gasteiger partial charge is 0.222 e.